The van der Waals surface area contributed by atoms with Gasteiger partial charge in [-0.25, -0.2) is 0 Å². The maximum atomic E-state index is 12.5. The van der Waals surface area contributed by atoms with Gasteiger partial charge in [0.2, 0.25) is 12.7 Å². The van der Waals surface area contributed by atoms with E-state index in [9.17, 15) is 9.90 Å². The van der Waals surface area contributed by atoms with E-state index in [2.05, 4.69) is 34.7 Å². The number of methoxy groups -OCH3 is 1. The Balaban J connectivity index is 1.45. The molecular formula is C27H31N3O5. The second kappa shape index (κ2) is 8.17. The van der Waals surface area contributed by atoms with E-state index in [0.717, 1.165) is 40.6 Å². The summed E-state index contributed by atoms with van der Waals surface area (Å²) in [6.45, 7) is 4.97. The molecule has 8 nitrogen and oxygen atoms in total. The summed E-state index contributed by atoms with van der Waals surface area (Å²) in [5.41, 5.74) is 4.38. The Kier molecular flexibility index (Phi) is 5.19. The van der Waals surface area contributed by atoms with Gasteiger partial charge in [0.25, 0.3) is 0 Å². The molecule has 1 amide bonds. The summed E-state index contributed by atoms with van der Waals surface area (Å²) < 4.78 is 18.8. The molecule has 1 saturated heterocycles. The van der Waals surface area contributed by atoms with Crippen LogP contribution in [0.25, 0.3) is 10.9 Å². The lowest BCUT2D eigenvalue weighted by atomic mass is 9.68. The van der Waals surface area contributed by atoms with Crippen LogP contribution in [0.1, 0.15) is 36.2 Å². The average Bonchev–Trinajstić information content (AvgIpc) is 3.44. The van der Waals surface area contributed by atoms with E-state index < -0.39 is 0 Å². The van der Waals surface area contributed by atoms with Gasteiger partial charge in [0, 0.05) is 62.2 Å². The lowest BCUT2D eigenvalue weighted by molar-refractivity contribution is -0.140. The molecule has 0 aliphatic carbocycles. The van der Waals surface area contributed by atoms with E-state index in [1.807, 2.05) is 30.0 Å². The normalized spacial score (nSPS) is 20.2. The van der Waals surface area contributed by atoms with Crippen molar-refractivity contribution < 1.29 is 24.1 Å². The van der Waals surface area contributed by atoms with Crippen LogP contribution in [0.4, 0.5) is 0 Å². The van der Waals surface area contributed by atoms with Crippen LogP contribution in [0.3, 0.4) is 0 Å². The third kappa shape index (κ3) is 3.31. The molecule has 2 aromatic carbocycles. The van der Waals surface area contributed by atoms with Gasteiger partial charge in [-0.05, 0) is 35.4 Å². The van der Waals surface area contributed by atoms with Crippen molar-refractivity contribution in [3.63, 3.8) is 0 Å². The molecule has 1 fully saturated rings. The SMILES string of the molecule is CCC(=O)N1CC2(C1)CN(Cc1ccc3c(c1)OCO3)[C@@H](CO)c1c2c2ccc(OC)cc2n1C. The number of likely N-dealkylation sites (tertiary alicyclic amines) is 1. The highest BCUT2D eigenvalue weighted by Gasteiger charge is 2.54. The van der Waals surface area contributed by atoms with Gasteiger partial charge in [0.1, 0.15) is 5.75 Å². The Hall–Kier alpha value is -3.23. The topological polar surface area (TPSA) is 76.4 Å². The summed E-state index contributed by atoms with van der Waals surface area (Å²) in [5, 5.41) is 11.8. The minimum Gasteiger partial charge on any atom is -0.497 e. The molecule has 4 heterocycles. The van der Waals surface area contributed by atoms with Gasteiger partial charge in [-0.2, -0.15) is 0 Å². The number of nitrogens with zero attached hydrogens (tertiary/aromatic N) is 3. The molecular weight excluding hydrogens is 446 g/mol. The van der Waals surface area contributed by atoms with E-state index >= 15 is 0 Å². The highest BCUT2D eigenvalue weighted by Crippen LogP contribution is 2.50. The lowest BCUT2D eigenvalue weighted by Gasteiger charge is -2.56. The van der Waals surface area contributed by atoms with Crippen LogP contribution in [-0.4, -0.2) is 65.5 Å². The predicted molar refractivity (Wildman–Crippen MR) is 131 cm³/mol. The zero-order chi connectivity index (χ0) is 24.3. The molecule has 1 N–H and O–H groups in total. The molecule has 3 aliphatic rings. The first-order valence-corrected chi connectivity index (χ1v) is 12.2. The molecule has 0 unspecified atom stereocenters. The lowest BCUT2D eigenvalue weighted by Crippen LogP contribution is -2.67. The van der Waals surface area contributed by atoms with Crippen LogP contribution in [0.15, 0.2) is 36.4 Å². The number of hydrogen-bond donors (Lipinski definition) is 1. The fourth-order valence-corrected chi connectivity index (χ4v) is 6.25. The standard InChI is InChI=1S/C27H31N3O5/c1-4-24(32)30-14-27(15-30)13-29(11-17-5-8-22-23(9-17)35-16-34-22)21(12-31)26-25(27)19-7-6-18(33-3)10-20(19)28(26)2/h5-10,21,31H,4,11-16H2,1-3H3/t21-/m0/s1. The Bertz CT molecular complexity index is 1310. The molecule has 1 spiro atoms. The minimum atomic E-state index is -0.184. The van der Waals surface area contributed by atoms with Crippen molar-refractivity contribution in [3.8, 4) is 17.2 Å². The Morgan fingerprint density at radius 1 is 1.14 bits per heavy atom. The summed E-state index contributed by atoms with van der Waals surface area (Å²) >= 11 is 0. The summed E-state index contributed by atoms with van der Waals surface area (Å²) in [6, 6.07) is 12.1. The monoisotopic (exact) mass is 477 g/mol. The summed E-state index contributed by atoms with van der Waals surface area (Å²) in [6.07, 6.45) is 0.510. The molecule has 1 aromatic heterocycles. The number of hydrogen-bond acceptors (Lipinski definition) is 6. The third-order valence-electron chi connectivity index (χ3n) is 7.88. The minimum absolute atomic E-state index is 0.00648. The fraction of sp³-hybridized carbons (Fsp3) is 0.444. The number of benzene rings is 2. The number of rotatable bonds is 5. The van der Waals surface area contributed by atoms with Crippen LogP contribution >= 0.6 is 0 Å². The summed E-state index contributed by atoms with van der Waals surface area (Å²) in [5.74, 6) is 2.51. The zero-order valence-electron chi connectivity index (χ0n) is 20.4. The van der Waals surface area contributed by atoms with Gasteiger partial charge in [0.05, 0.1) is 25.3 Å². The number of aliphatic hydroxyl groups excluding tert-OH is 1. The number of carbonyl (C=O) groups excluding carboxylic acids is 1. The van der Waals surface area contributed by atoms with Gasteiger partial charge in [-0.3, -0.25) is 9.69 Å². The first-order chi connectivity index (χ1) is 17.0. The molecule has 8 heteroatoms. The number of ether oxygens (including phenoxy) is 3. The van der Waals surface area contributed by atoms with Crippen molar-refractivity contribution in [1.82, 2.24) is 14.4 Å². The third-order valence-corrected chi connectivity index (χ3v) is 7.88. The predicted octanol–water partition coefficient (Wildman–Crippen LogP) is 2.95. The quantitative estimate of drug-likeness (QED) is 0.609. The van der Waals surface area contributed by atoms with Crippen LogP contribution in [0, 0.1) is 0 Å². The molecule has 1 atom stereocenters. The van der Waals surface area contributed by atoms with Crippen LogP contribution < -0.4 is 14.2 Å². The molecule has 0 bridgehead atoms. The Labute approximate surface area is 204 Å². The second-order valence-corrected chi connectivity index (χ2v) is 9.88. The van der Waals surface area contributed by atoms with Gasteiger partial charge in [-0.1, -0.05) is 13.0 Å². The Morgan fingerprint density at radius 3 is 2.69 bits per heavy atom. The first-order valence-electron chi connectivity index (χ1n) is 12.2. The van der Waals surface area contributed by atoms with Crippen molar-refractivity contribution in [3.05, 3.63) is 53.2 Å². The molecule has 3 aliphatic heterocycles. The van der Waals surface area contributed by atoms with Gasteiger partial charge >= 0.3 is 0 Å². The highest BCUT2D eigenvalue weighted by molar-refractivity contribution is 5.89. The van der Waals surface area contributed by atoms with E-state index in [1.165, 1.54) is 10.9 Å². The Morgan fingerprint density at radius 2 is 1.94 bits per heavy atom. The van der Waals surface area contributed by atoms with E-state index in [4.69, 9.17) is 14.2 Å². The maximum absolute atomic E-state index is 12.5. The van der Waals surface area contributed by atoms with Gasteiger partial charge < -0.3 is 28.8 Å². The first kappa shape index (κ1) is 22.2. The number of aromatic nitrogens is 1. The van der Waals surface area contributed by atoms with Crippen molar-refractivity contribution in [2.24, 2.45) is 7.05 Å². The molecule has 6 rings (SSSR count). The number of carbonyl (C=O) groups is 1. The summed E-state index contributed by atoms with van der Waals surface area (Å²) in [4.78, 5) is 16.8. The van der Waals surface area contributed by atoms with Crippen LogP contribution in [0.5, 0.6) is 17.2 Å². The largest absolute Gasteiger partial charge is 0.497 e. The van der Waals surface area contributed by atoms with Gasteiger partial charge in [-0.15, -0.1) is 0 Å². The summed E-state index contributed by atoms with van der Waals surface area (Å²) in [7, 11) is 3.74. The number of aryl methyl sites for hydroxylation is 1. The highest BCUT2D eigenvalue weighted by atomic mass is 16.7. The van der Waals surface area contributed by atoms with Gasteiger partial charge in [0.15, 0.2) is 11.5 Å². The molecule has 3 aromatic rings. The molecule has 184 valence electrons. The maximum Gasteiger partial charge on any atom is 0.231 e. The van der Waals surface area contributed by atoms with Crippen LogP contribution in [0.2, 0.25) is 0 Å². The number of aliphatic hydroxyl groups is 1. The fourth-order valence-electron chi connectivity index (χ4n) is 6.25. The average molecular weight is 478 g/mol. The van der Waals surface area contributed by atoms with Crippen LogP contribution in [-0.2, 0) is 23.8 Å². The zero-order valence-corrected chi connectivity index (χ0v) is 20.4. The van der Waals surface area contributed by atoms with E-state index in [1.54, 1.807) is 7.11 Å². The molecule has 35 heavy (non-hydrogen) atoms. The van der Waals surface area contributed by atoms with Crippen molar-refractivity contribution in [2.45, 2.75) is 31.3 Å². The number of amides is 1. The molecule has 0 radical (unpaired) electrons. The molecule has 0 saturated carbocycles. The number of fused-ring (bicyclic) bond motifs is 5. The van der Waals surface area contributed by atoms with Crippen molar-refractivity contribution in [2.75, 3.05) is 40.1 Å². The van der Waals surface area contributed by atoms with E-state index in [-0.39, 0.29) is 30.8 Å². The van der Waals surface area contributed by atoms with E-state index in [0.29, 0.717) is 26.1 Å². The smallest absolute Gasteiger partial charge is 0.231 e. The van der Waals surface area contributed by atoms with Crippen molar-refractivity contribution in [1.29, 1.82) is 0 Å². The second-order valence-electron chi connectivity index (χ2n) is 9.88. The van der Waals surface area contributed by atoms with Crippen molar-refractivity contribution >= 4 is 16.8 Å².